The van der Waals surface area contributed by atoms with Crippen molar-refractivity contribution in [1.82, 2.24) is 15.0 Å². The van der Waals surface area contributed by atoms with Gasteiger partial charge in [0.15, 0.2) is 11.5 Å². The number of methoxy groups -OCH3 is 2. The number of nitrogens with zero attached hydrogens (tertiary/aromatic N) is 3. The molecule has 30 heavy (non-hydrogen) atoms. The zero-order valence-corrected chi connectivity index (χ0v) is 16.8. The first kappa shape index (κ1) is 19.9. The predicted molar refractivity (Wildman–Crippen MR) is 107 cm³/mol. The molecule has 0 spiro atoms. The number of aromatic nitrogens is 2. The van der Waals surface area contributed by atoms with E-state index in [9.17, 15) is 9.18 Å². The maximum Gasteiger partial charge on any atom is 0.249 e. The molecule has 1 aliphatic rings. The van der Waals surface area contributed by atoms with Crippen molar-refractivity contribution < 1.29 is 23.2 Å². The van der Waals surface area contributed by atoms with Crippen LogP contribution in [0.4, 0.5) is 4.39 Å². The predicted octanol–water partition coefficient (Wildman–Crippen LogP) is 3.80. The quantitative estimate of drug-likeness (QED) is 0.614. The summed E-state index contributed by atoms with van der Waals surface area (Å²) >= 11 is 0. The number of halogens is 1. The minimum atomic E-state index is -0.352. The van der Waals surface area contributed by atoms with Gasteiger partial charge in [0.25, 0.3) is 0 Å². The van der Waals surface area contributed by atoms with Gasteiger partial charge in [-0.25, -0.2) is 4.39 Å². The van der Waals surface area contributed by atoms with Crippen molar-refractivity contribution in [2.45, 2.75) is 25.3 Å². The van der Waals surface area contributed by atoms with E-state index in [1.165, 1.54) is 12.1 Å². The second-order valence-electron chi connectivity index (χ2n) is 7.08. The van der Waals surface area contributed by atoms with Gasteiger partial charge in [-0.2, -0.15) is 4.98 Å². The fourth-order valence-electron chi connectivity index (χ4n) is 3.71. The number of ether oxygens (including phenoxy) is 2. The second kappa shape index (κ2) is 8.52. The van der Waals surface area contributed by atoms with Gasteiger partial charge in [0.2, 0.25) is 17.6 Å². The summed E-state index contributed by atoms with van der Waals surface area (Å²) in [6.07, 6.45) is 1.71. The number of hydrogen-bond donors (Lipinski definition) is 0. The molecule has 1 atom stereocenters. The molecule has 0 aliphatic carbocycles. The van der Waals surface area contributed by atoms with Gasteiger partial charge in [-0.15, -0.1) is 0 Å². The summed E-state index contributed by atoms with van der Waals surface area (Å²) in [4.78, 5) is 19.1. The lowest BCUT2D eigenvalue weighted by Gasteiger charge is -2.21. The molecule has 7 nitrogen and oxygen atoms in total. The summed E-state index contributed by atoms with van der Waals surface area (Å²) in [5.41, 5.74) is 1.36. The summed E-state index contributed by atoms with van der Waals surface area (Å²) in [5, 5.41) is 4.08. The third-order valence-electron chi connectivity index (χ3n) is 5.19. The Morgan fingerprint density at radius 1 is 1.20 bits per heavy atom. The van der Waals surface area contributed by atoms with Crippen molar-refractivity contribution in [3.05, 3.63) is 59.7 Å². The van der Waals surface area contributed by atoms with Gasteiger partial charge in [0.05, 0.1) is 20.6 Å². The molecule has 4 rings (SSSR count). The molecule has 0 unspecified atom stereocenters. The molecule has 0 saturated carbocycles. The van der Waals surface area contributed by atoms with E-state index in [1.807, 2.05) is 6.07 Å². The lowest BCUT2D eigenvalue weighted by Crippen LogP contribution is -2.32. The van der Waals surface area contributed by atoms with Gasteiger partial charge < -0.3 is 18.9 Å². The number of carbonyl (C=O) groups is 1. The highest BCUT2D eigenvalue weighted by Crippen LogP contribution is 2.34. The highest BCUT2D eigenvalue weighted by Gasteiger charge is 2.34. The van der Waals surface area contributed by atoms with Gasteiger partial charge in [-0.1, -0.05) is 17.3 Å². The molecule has 156 valence electrons. The highest BCUT2D eigenvalue weighted by molar-refractivity contribution is 5.79. The molecular weight excluding hydrogens is 389 g/mol. The van der Waals surface area contributed by atoms with Crippen molar-refractivity contribution in [2.24, 2.45) is 0 Å². The maximum absolute atomic E-state index is 13.4. The Bertz CT molecular complexity index is 1050. The first-order valence-corrected chi connectivity index (χ1v) is 9.69. The summed E-state index contributed by atoms with van der Waals surface area (Å²) in [5.74, 6) is 1.54. The zero-order chi connectivity index (χ0) is 21.1. The Kier molecular flexibility index (Phi) is 5.65. The zero-order valence-electron chi connectivity index (χ0n) is 16.8. The van der Waals surface area contributed by atoms with E-state index < -0.39 is 0 Å². The summed E-state index contributed by atoms with van der Waals surface area (Å²) in [6.45, 7) is 0.604. The number of rotatable bonds is 6. The Morgan fingerprint density at radius 2 is 2.03 bits per heavy atom. The van der Waals surface area contributed by atoms with Crippen molar-refractivity contribution in [1.29, 1.82) is 0 Å². The SMILES string of the molecule is COc1ccc(-c2noc([C@@H]3CCCN3C(=O)Cc3cccc(F)c3)n2)cc1OC. The normalized spacial score (nSPS) is 16.0. The molecule has 0 N–H and O–H groups in total. The lowest BCUT2D eigenvalue weighted by molar-refractivity contribution is -0.131. The number of hydrogen-bond acceptors (Lipinski definition) is 6. The van der Waals surface area contributed by atoms with E-state index in [0.29, 0.717) is 35.3 Å². The topological polar surface area (TPSA) is 77.7 Å². The van der Waals surface area contributed by atoms with Crippen LogP contribution in [0.15, 0.2) is 47.0 Å². The molecule has 1 aliphatic heterocycles. The van der Waals surface area contributed by atoms with Crippen LogP contribution in [0, 0.1) is 5.82 Å². The minimum absolute atomic E-state index is 0.0889. The van der Waals surface area contributed by atoms with Crippen LogP contribution in [0.25, 0.3) is 11.4 Å². The van der Waals surface area contributed by atoms with Crippen LogP contribution in [0.3, 0.4) is 0 Å². The first-order chi connectivity index (χ1) is 14.6. The van der Waals surface area contributed by atoms with Gasteiger partial charge in [0, 0.05) is 12.1 Å². The first-order valence-electron chi connectivity index (χ1n) is 9.69. The molecule has 1 fully saturated rings. The minimum Gasteiger partial charge on any atom is -0.493 e. The third kappa shape index (κ3) is 3.98. The van der Waals surface area contributed by atoms with Gasteiger partial charge in [-0.3, -0.25) is 4.79 Å². The average Bonchev–Trinajstić information content (AvgIpc) is 3.42. The number of likely N-dealkylation sites (tertiary alicyclic amines) is 1. The van der Waals surface area contributed by atoms with Crippen LogP contribution in [0.2, 0.25) is 0 Å². The van der Waals surface area contributed by atoms with Crippen LogP contribution in [-0.4, -0.2) is 41.7 Å². The molecule has 1 saturated heterocycles. The summed E-state index contributed by atoms with van der Waals surface area (Å²) < 4.78 is 29.5. The average molecular weight is 411 g/mol. The molecule has 2 heterocycles. The van der Waals surface area contributed by atoms with Crippen LogP contribution >= 0.6 is 0 Å². The van der Waals surface area contributed by atoms with Gasteiger partial charge in [0.1, 0.15) is 11.9 Å². The van der Waals surface area contributed by atoms with E-state index in [-0.39, 0.29) is 24.2 Å². The Morgan fingerprint density at radius 3 is 2.80 bits per heavy atom. The van der Waals surface area contributed by atoms with Crippen LogP contribution in [-0.2, 0) is 11.2 Å². The van der Waals surface area contributed by atoms with Crippen LogP contribution < -0.4 is 9.47 Å². The Labute approximate surface area is 173 Å². The standard InChI is InChI=1S/C22H22FN3O4/c1-28-18-9-8-15(13-19(18)29-2)21-24-22(30-25-21)17-7-4-10-26(17)20(27)12-14-5-3-6-16(23)11-14/h3,5-6,8-9,11,13,17H,4,7,10,12H2,1-2H3/t17-/m0/s1. The van der Waals surface area contributed by atoms with Crippen molar-refractivity contribution in [3.8, 4) is 22.9 Å². The molecule has 1 aromatic heterocycles. The molecule has 0 radical (unpaired) electrons. The molecular formula is C22H22FN3O4. The van der Waals surface area contributed by atoms with Crippen molar-refractivity contribution >= 4 is 5.91 Å². The van der Waals surface area contributed by atoms with E-state index in [1.54, 1.807) is 43.4 Å². The molecule has 8 heteroatoms. The van der Waals surface area contributed by atoms with Crippen LogP contribution in [0.5, 0.6) is 11.5 Å². The van der Waals surface area contributed by atoms with Crippen molar-refractivity contribution in [3.63, 3.8) is 0 Å². The fraction of sp³-hybridized carbons (Fsp3) is 0.318. The van der Waals surface area contributed by atoms with E-state index >= 15 is 0 Å². The lowest BCUT2D eigenvalue weighted by atomic mass is 10.1. The van der Waals surface area contributed by atoms with Crippen LogP contribution in [0.1, 0.15) is 30.3 Å². The fourth-order valence-corrected chi connectivity index (χ4v) is 3.71. The largest absolute Gasteiger partial charge is 0.493 e. The van der Waals surface area contributed by atoms with Crippen molar-refractivity contribution in [2.75, 3.05) is 20.8 Å². The monoisotopic (exact) mass is 411 g/mol. The van der Waals surface area contributed by atoms with E-state index in [4.69, 9.17) is 14.0 Å². The summed E-state index contributed by atoms with van der Waals surface area (Å²) in [7, 11) is 3.13. The maximum atomic E-state index is 13.4. The molecule has 2 aromatic carbocycles. The number of carbonyl (C=O) groups excluding carboxylic acids is 1. The second-order valence-corrected chi connectivity index (χ2v) is 7.08. The molecule has 1 amide bonds. The number of amides is 1. The van der Waals surface area contributed by atoms with Gasteiger partial charge >= 0.3 is 0 Å². The third-order valence-corrected chi connectivity index (χ3v) is 5.19. The summed E-state index contributed by atoms with van der Waals surface area (Å²) in [6, 6.07) is 11.2. The van der Waals surface area contributed by atoms with E-state index in [2.05, 4.69) is 10.1 Å². The highest BCUT2D eigenvalue weighted by atomic mass is 19.1. The molecule has 3 aromatic rings. The Hall–Kier alpha value is -3.42. The van der Waals surface area contributed by atoms with Gasteiger partial charge in [-0.05, 0) is 48.7 Å². The Balaban J connectivity index is 1.53. The smallest absolute Gasteiger partial charge is 0.249 e. The number of benzene rings is 2. The van der Waals surface area contributed by atoms with E-state index in [0.717, 1.165) is 18.4 Å². The molecule has 0 bridgehead atoms.